The Hall–Kier alpha value is -2.56. The normalized spacial score (nSPS) is 16.5. The van der Waals surface area contributed by atoms with Crippen LogP contribution in [0.15, 0.2) is 41.9 Å². The number of carbonyl (C=O) groups excluding carboxylic acids is 1. The fourth-order valence-electron chi connectivity index (χ4n) is 3.25. The number of benzene rings is 1. The van der Waals surface area contributed by atoms with Crippen molar-refractivity contribution < 1.29 is 9.53 Å². The molecule has 0 saturated heterocycles. The number of rotatable bonds is 6. The average Bonchev–Trinajstić information content (AvgIpc) is 2.74. The van der Waals surface area contributed by atoms with E-state index in [1.54, 1.807) is 25.1 Å². The Balaban J connectivity index is 0.000000539. The Labute approximate surface area is 182 Å². The molecule has 1 unspecified atom stereocenters. The molecule has 1 saturated carbocycles. The maximum absolute atomic E-state index is 11.2. The molecule has 1 aromatic carbocycles. The first-order chi connectivity index (χ1) is 14.3. The maximum atomic E-state index is 11.2. The molecular weight excluding hydrogens is 374 g/mol. The number of carbonyl (C=O) groups is 1. The van der Waals surface area contributed by atoms with Crippen LogP contribution in [0.2, 0.25) is 0 Å². The first-order valence-corrected chi connectivity index (χ1v) is 10.8. The molecule has 0 amide bonds. The quantitative estimate of drug-likeness (QED) is 0.442. The van der Waals surface area contributed by atoms with Crippen molar-refractivity contribution in [2.75, 3.05) is 20.7 Å². The molecule has 1 aliphatic rings. The molecule has 0 bridgehead atoms. The van der Waals surface area contributed by atoms with E-state index in [2.05, 4.69) is 18.5 Å². The van der Waals surface area contributed by atoms with E-state index >= 15 is 0 Å². The summed E-state index contributed by atoms with van der Waals surface area (Å²) in [6.07, 6.45) is 9.80. The second-order valence-electron chi connectivity index (χ2n) is 8.25. The number of guanidine groups is 1. The smallest absolute Gasteiger partial charge is 0.191 e. The number of ether oxygens (including phenoxy) is 1. The summed E-state index contributed by atoms with van der Waals surface area (Å²) in [6.45, 7) is 10.3. The summed E-state index contributed by atoms with van der Waals surface area (Å²) in [7, 11) is 3.53. The Morgan fingerprint density at radius 3 is 2.27 bits per heavy atom. The van der Waals surface area contributed by atoms with E-state index in [1.807, 2.05) is 38.1 Å². The molecule has 0 radical (unpaired) electrons. The minimum absolute atomic E-state index is 0.108. The van der Waals surface area contributed by atoms with Gasteiger partial charge in [0.25, 0.3) is 0 Å². The van der Waals surface area contributed by atoms with Crippen LogP contribution < -0.4 is 16.2 Å². The molecule has 0 spiro atoms. The van der Waals surface area contributed by atoms with Crippen LogP contribution in [0.1, 0.15) is 52.9 Å². The monoisotopic (exact) mass is 413 g/mol. The van der Waals surface area contributed by atoms with Crippen molar-refractivity contribution in [3.63, 3.8) is 0 Å². The Bertz CT molecular complexity index is 817. The molecule has 1 aromatic rings. The van der Waals surface area contributed by atoms with Gasteiger partial charge in [-0.25, -0.2) is 4.99 Å². The van der Waals surface area contributed by atoms with Gasteiger partial charge < -0.3 is 20.2 Å². The molecule has 5 heteroatoms. The second kappa shape index (κ2) is 13.6. The van der Waals surface area contributed by atoms with Crippen LogP contribution in [-0.4, -0.2) is 43.9 Å². The molecule has 1 aliphatic carbocycles. The highest BCUT2D eigenvalue weighted by atomic mass is 16.5. The van der Waals surface area contributed by atoms with Gasteiger partial charge in [0.1, 0.15) is 24.7 Å². The van der Waals surface area contributed by atoms with Crippen molar-refractivity contribution in [3.05, 3.63) is 47.4 Å². The summed E-state index contributed by atoms with van der Waals surface area (Å²) in [4.78, 5) is 16.9. The summed E-state index contributed by atoms with van der Waals surface area (Å²) in [5.74, 6) is 1.94. The van der Waals surface area contributed by atoms with E-state index in [-0.39, 0.29) is 12.6 Å². The van der Waals surface area contributed by atoms with Crippen LogP contribution in [0.4, 0.5) is 0 Å². The number of hydrogen-bond donors (Lipinski definition) is 1. The van der Waals surface area contributed by atoms with Gasteiger partial charge in [-0.1, -0.05) is 75.4 Å². The van der Waals surface area contributed by atoms with Crippen molar-refractivity contribution in [1.29, 1.82) is 0 Å². The van der Waals surface area contributed by atoms with Gasteiger partial charge in [0, 0.05) is 19.3 Å². The van der Waals surface area contributed by atoms with Gasteiger partial charge in [-0.05, 0) is 31.1 Å². The van der Waals surface area contributed by atoms with Crippen LogP contribution in [0.3, 0.4) is 0 Å². The van der Waals surface area contributed by atoms with Crippen molar-refractivity contribution in [2.24, 2.45) is 16.6 Å². The number of aliphatic imine (C=N–C) groups is 1. The zero-order valence-corrected chi connectivity index (χ0v) is 19.4. The number of aldehydes is 1. The van der Waals surface area contributed by atoms with Gasteiger partial charge in [-0.2, -0.15) is 0 Å². The third-order valence-electron chi connectivity index (χ3n) is 5.13. The summed E-state index contributed by atoms with van der Waals surface area (Å²) >= 11 is 0. The van der Waals surface area contributed by atoms with Crippen LogP contribution >= 0.6 is 0 Å². The molecule has 2 rings (SSSR count). The lowest BCUT2D eigenvalue weighted by molar-refractivity contribution is -0.109. The van der Waals surface area contributed by atoms with E-state index in [0.29, 0.717) is 5.76 Å². The van der Waals surface area contributed by atoms with E-state index in [4.69, 9.17) is 10.5 Å². The topological polar surface area (TPSA) is 67.9 Å². The summed E-state index contributed by atoms with van der Waals surface area (Å²) in [5, 5.41) is 2.03. The van der Waals surface area contributed by atoms with Crippen LogP contribution in [0.5, 0.6) is 0 Å². The first kappa shape index (κ1) is 25.5. The lowest BCUT2D eigenvalue weighted by Gasteiger charge is -2.15. The largest absolute Gasteiger partial charge is 0.490 e. The number of hydrogen-bond acceptors (Lipinski definition) is 3. The lowest BCUT2D eigenvalue weighted by atomic mass is 9.91. The molecular formula is C25H39N3O2. The van der Waals surface area contributed by atoms with Gasteiger partial charge in [0.2, 0.25) is 0 Å². The Morgan fingerprint density at radius 2 is 1.83 bits per heavy atom. The molecule has 30 heavy (non-hydrogen) atoms. The fraction of sp³-hybridized carbons (Fsp3) is 0.520. The van der Waals surface area contributed by atoms with E-state index in [1.165, 1.54) is 37.7 Å². The van der Waals surface area contributed by atoms with E-state index in [9.17, 15) is 4.79 Å². The van der Waals surface area contributed by atoms with Crippen molar-refractivity contribution in [2.45, 2.75) is 58.9 Å². The summed E-state index contributed by atoms with van der Waals surface area (Å²) in [6, 6.07) is 7.24. The average molecular weight is 414 g/mol. The first-order valence-electron chi connectivity index (χ1n) is 10.8. The van der Waals surface area contributed by atoms with E-state index < -0.39 is 6.04 Å². The maximum Gasteiger partial charge on any atom is 0.191 e. The second-order valence-corrected chi connectivity index (χ2v) is 8.25. The minimum Gasteiger partial charge on any atom is -0.490 e. The highest BCUT2D eigenvalue weighted by molar-refractivity contribution is 5.79. The minimum atomic E-state index is -0.661. The van der Waals surface area contributed by atoms with Gasteiger partial charge in [0.05, 0.1) is 0 Å². The van der Waals surface area contributed by atoms with Crippen LogP contribution in [0.25, 0.3) is 11.3 Å². The van der Waals surface area contributed by atoms with E-state index in [0.717, 1.165) is 22.6 Å². The van der Waals surface area contributed by atoms with Crippen LogP contribution in [0, 0.1) is 5.92 Å². The molecule has 0 aliphatic heterocycles. The third kappa shape index (κ3) is 8.85. The molecule has 2 N–H and O–H groups in total. The summed E-state index contributed by atoms with van der Waals surface area (Å²) in [5.41, 5.74) is 6.91. The molecule has 5 nitrogen and oxygen atoms in total. The standard InChI is InChI=1S/C18H25N3O2.C7H14/c1-6-17(16-10-8-7-9-15(16)13(2)3)23-12-14(11-22)20-18(19)21(4)5;1-7-5-3-2-4-6-7/h6-11,14H,1,12H2,2-5H3,(H2,19,20);7H,2-6H2,1H3/b17-16+;. The molecule has 0 aromatic heterocycles. The third-order valence-corrected chi connectivity index (χ3v) is 5.13. The predicted molar refractivity (Wildman–Crippen MR) is 127 cm³/mol. The van der Waals surface area contributed by atoms with Crippen molar-refractivity contribution in [1.82, 2.24) is 4.90 Å². The zero-order chi connectivity index (χ0) is 22.5. The van der Waals surface area contributed by atoms with Gasteiger partial charge in [0.15, 0.2) is 5.96 Å². The van der Waals surface area contributed by atoms with Crippen molar-refractivity contribution >= 4 is 23.6 Å². The molecule has 1 atom stereocenters. The Kier molecular flexibility index (Phi) is 11.6. The highest BCUT2D eigenvalue weighted by Crippen LogP contribution is 2.22. The fourth-order valence-corrected chi connectivity index (χ4v) is 3.25. The lowest BCUT2D eigenvalue weighted by Crippen LogP contribution is -2.33. The molecule has 1 fully saturated rings. The summed E-state index contributed by atoms with van der Waals surface area (Å²) < 4.78 is 5.77. The number of nitrogens with two attached hydrogens (primary N) is 1. The van der Waals surface area contributed by atoms with Gasteiger partial charge >= 0.3 is 0 Å². The number of nitrogens with zero attached hydrogens (tertiary/aromatic N) is 2. The van der Waals surface area contributed by atoms with Crippen molar-refractivity contribution in [3.8, 4) is 0 Å². The van der Waals surface area contributed by atoms with Gasteiger partial charge in [-0.15, -0.1) is 0 Å². The van der Waals surface area contributed by atoms with Gasteiger partial charge in [-0.3, -0.25) is 0 Å². The van der Waals surface area contributed by atoms with Crippen LogP contribution in [-0.2, 0) is 9.53 Å². The zero-order valence-electron chi connectivity index (χ0n) is 19.4. The SMILES string of the molecule is C=C/C(OCC(C=O)N=C(N)N(C)C)=c1/ccccc1=C(C)C.CC1CCCCC1. The Morgan fingerprint density at radius 1 is 1.23 bits per heavy atom. The molecule has 166 valence electrons. The molecule has 0 heterocycles. The highest BCUT2D eigenvalue weighted by Gasteiger charge is 2.09. The predicted octanol–water partition coefficient (Wildman–Crippen LogP) is 3.22.